The average molecular weight is 253 g/mol. The van der Waals surface area contributed by atoms with E-state index in [0.29, 0.717) is 11.6 Å². The maximum absolute atomic E-state index is 11.9. The predicted molar refractivity (Wildman–Crippen MR) is 62.5 cm³/mol. The van der Waals surface area contributed by atoms with Gasteiger partial charge in [-0.3, -0.25) is 14.8 Å². The van der Waals surface area contributed by atoms with Gasteiger partial charge >= 0.3 is 5.97 Å². The van der Waals surface area contributed by atoms with Gasteiger partial charge < -0.3 is 9.84 Å². The van der Waals surface area contributed by atoms with Gasteiger partial charge in [0.25, 0.3) is 5.91 Å². The number of hydrogen-bond acceptors (Lipinski definition) is 5. The van der Waals surface area contributed by atoms with E-state index in [4.69, 9.17) is 15.7 Å². The summed E-state index contributed by atoms with van der Waals surface area (Å²) in [6.45, 7) is 1.90. The second-order valence-corrected chi connectivity index (χ2v) is 3.44. The van der Waals surface area contributed by atoms with Gasteiger partial charge in [-0.2, -0.15) is 0 Å². The zero-order valence-electron chi connectivity index (χ0n) is 9.94. The normalized spacial score (nSPS) is 11.9. The molecule has 0 saturated heterocycles. The third-order valence-electron chi connectivity index (χ3n) is 2.22. The summed E-state index contributed by atoms with van der Waals surface area (Å²) in [5, 5.41) is 9.62. The van der Waals surface area contributed by atoms with Crippen LogP contribution in [0.2, 0.25) is 0 Å². The molecule has 1 heterocycles. The molecule has 0 aliphatic heterocycles. The fraction of sp³-hybridized carbons (Fsp3) is 0.364. The molecule has 1 aromatic rings. The van der Waals surface area contributed by atoms with Gasteiger partial charge in [0.2, 0.25) is 0 Å². The molecule has 0 aromatic carbocycles. The third kappa shape index (κ3) is 3.51. The number of pyridine rings is 1. The van der Waals surface area contributed by atoms with E-state index in [1.54, 1.807) is 19.1 Å². The van der Waals surface area contributed by atoms with Crippen molar-refractivity contribution in [3.05, 3.63) is 30.1 Å². The lowest BCUT2D eigenvalue weighted by molar-refractivity contribution is -0.144. The molecule has 3 N–H and O–H groups in total. The van der Waals surface area contributed by atoms with Crippen LogP contribution in [0, 0.1) is 0 Å². The number of nitrogens with zero attached hydrogens (tertiary/aromatic N) is 2. The van der Waals surface area contributed by atoms with Gasteiger partial charge in [0.15, 0.2) is 6.04 Å². The topological polar surface area (TPSA) is 106 Å². The van der Waals surface area contributed by atoms with Gasteiger partial charge in [0.1, 0.15) is 5.69 Å². The number of amides is 1. The molecule has 0 aliphatic carbocycles. The number of carbonyl (C=O) groups is 2. The van der Waals surface area contributed by atoms with Crippen LogP contribution in [0.25, 0.3) is 0 Å². The summed E-state index contributed by atoms with van der Waals surface area (Å²) < 4.78 is 4.99. The second-order valence-electron chi connectivity index (χ2n) is 3.44. The number of carboxylic acids is 1. The van der Waals surface area contributed by atoms with Gasteiger partial charge in [0, 0.05) is 12.8 Å². The number of rotatable bonds is 6. The van der Waals surface area contributed by atoms with E-state index >= 15 is 0 Å². The Labute approximate surface area is 104 Å². The lowest BCUT2D eigenvalue weighted by Gasteiger charge is -2.23. The molecular weight excluding hydrogens is 238 g/mol. The fourth-order valence-corrected chi connectivity index (χ4v) is 1.26. The highest BCUT2D eigenvalue weighted by atomic mass is 16.5. The van der Waals surface area contributed by atoms with Crippen LogP contribution in [0.4, 0.5) is 0 Å². The Hall–Kier alpha value is -1.99. The minimum absolute atomic E-state index is 0.0859. The van der Waals surface area contributed by atoms with Gasteiger partial charge in [-0.05, 0) is 19.1 Å². The van der Waals surface area contributed by atoms with Crippen molar-refractivity contribution in [3.63, 3.8) is 0 Å². The van der Waals surface area contributed by atoms with E-state index < -0.39 is 17.9 Å². The van der Waals surface area contributed by atoms with E-state index in [0.717, 1.165) is 0 Å². The van der Waals surface area contributed by atoms with Crippen molar-refractivity contribution in [3.8, 4) is 0 Å². The highest BCUT2D eigenvalue weighted by Crippen LogP contribution is 2.03. The smallest absolute Gasteiger partial charge is 0.330 e. The van der Waals surface area contributed by atoms with Crippen molar-refractivity contribution in [2.75, 3.05) is 13.2 Å². The first-order chi connectivity index (χ1) is 8.57. The van der Waals surface area contributed by atoms with Crippen molar-refractivity contribution in [1.29, 1.82) is 0 Å². The molecule has 0 bridgehead atoms. The monoisotopic (exact) mass is 253 g/mol. The van der Waals surface area contributed by atoms with Gasteiger partial charge in [-0.25, -0.2) is 10.6 Å². The average Bonchev–Trinajstić information content (AvgIpc) is 2.38. The summed E-state index contributed by atoms with van der Waals surface area (Å²) in [5.41, 5.74) is 0.0859. The number of ether oxygens (including phenoxy) is 1. The quantitative estimate of drug-likeness (QED) is 0.416. The molecule has 0 spiro atoms. The SMILES string of the molecule is CCOCC(C(=O)O)N(N)C(=O)c1ccccn1. The predicted octanol–water partition coefficient (Wildman–Crippen LogP) is -0.113. The van der Waals surface area contributed by atoms with Crippen LogP contribution >= 0.6 is 0 Å². The van der Waals surface area contributed by atoms with Crippen LogP contribution < -0.4 is 5.84 Å². The van der Waals surface area contributed by atoms with Gasteiger partial charge in [-0.15, -0.1) is 0 Å². The summed E-state index contributed by atoms with van der Waals surface area (Å²) in [6.07, 6.45) is 1.43. The second kappa shape index (κ2) is 6.67. The van der Waals surface area contributed by atoms with Crippen molar-refractivity contribution in [1.82, 2.24) is 9.99 Å². The zero-order chi connectivity index (χ0) is 13.5. The fourth-order valence-electron chi connectivity index (χ4n) is 1.26. The lowest BCUT2D eigenvalue weighted by Crippen LogP contribution is -2.52. The molecule has 0 aliphatic rings. The molecule has 1 rings (SSSR count). The highest BCUT2D eigenvalue weighted by Gasteiger charge is 2.28. The standard InChI is InChI=1S/C11H15N3O4/c1-2-18-7-9(11(16)17)14(12)10(15)8-5-3-4-6-13-8/h3-6,9H,2,7,12H2,1H3,(H,16,17). The van der Waals surface area contributed by atoms with Crippen LogP contribution in [0.5, 0.6) is 0 Å². The molecule has 7 nitrogen and oxygen atoms in total. The number of aliphatic carboxylic acids is 1. The summed E-state index contributed by atoms with van der Waals surface area (Å²) in [5.74, 6) is 3.63. The Kier molecular flexibility index (Phi) is 5.22. The first-order valence-electron chi connectivity index (χ1n) is 5.37. The number of hydrogen-bond donors (Lipinski definition) is 2. The van der Waals surface area contributed by atoms with Crippen molar-refractivity contribution in [2.24, 2.45) is 5.84 Å². The van der Waals surface area contributed by atoms with Crippen molar-refractivity contribution >= 4 is 11.9 Å². The van der Waals surface area contributed by atoms with E-state index in [2.05, 4.69) is 4.98 Å². The Bertz CT molecular complexity index is 410. The summed E-state index contributed by atoms with van der Waals surface area (Å²) in [4.78, 5) is 26.7. The van der Waals surface area contributed by atoms with E-state index in [1.807, 2.05) is 0 Å². The summed E-state index contributed by atoms with van der Waals surface area (Å²) >= 11 is 0. The first kappa shape index (κ1) is 14.1. The number of aromatic nitrogens is 1. The maximum Gasteiger partial charge on any atom is 0.330 e. The molecule has 18 heavy (non-hydrogen) atoms. The molecule has 7 heteroatoms. The first-order valence-corrected chi connectivity index (χ1v) is 5.37. The number of carboxylic acid groups (broad SMARTS) is 1. The van der Waals surface area contributed by atoms with Crippen LogP contribution in [-0.2, 0) is 9.53 Å². The minimum atomic E-state index is -1.24. The molecular formula is C11H15N3O4. The lowest BCUT2D eigenvalue weighted by atomic mass is 10.2. The molecule has 1 aromatic heterocycles. The van der Waals surface area contributed by atoms with E-state index in [-0.39, 0.29) is 12.3 Å². The molecule has 0 radical (unpaired) electrons. The summed E-state index contributed by atoms with van der Waals surface area (Å²) in [6, 6.07) is 3.49. The van der Waals surface area contributed by atoms with Crippen LogP contribution in [0.3, 0.4) is 0 Å². The highest BCUT2D eigenvalue weighted by molar-refractivity contribution is 5.94. The number of hydrazine groups is 1. The molecule has 0 saturated carbocycles. The Morgan fingerprint density at radius 3 is 2.78 bits per heavy atom. The third-order valence-corrected chi connectivity index (χ3v) is 2.22. The van der Waals surface area contributed by atoms with E-state index in [9.17, 15) is 9.59 Å². The van der Waals surface area contributed by atoms with Crippen LogP contribution in [-0.4, -0.2) is 46.2 Å². The Morgan fingerprint density at radius 1 is 1.56 bits per heavy atom. The number of carbonyl (C=O) groups excluding carboxylic acids is 1. The molecule has 98 valence electrons. The van der Waals surface area contributed by atoms with E-state index in [1.165, 1.54) is 12.3 Å². The van der Waals surface area contributed by atoms with Crippen molar-refractivity contribution in [2.45, 2.75) is 13.0 Å². The van der Waals surface area contributed by atoms with Crippen molar-refractivity contribution < 1.29 is 19.4 Å². The molecule has 1 unspecified atom stereocenters. The Morgan fingerprint density at radius 2 is 2.28 bits per heavy atom. The molecule has 0 fully saturated rings. The molecule has 1 atom stereocenters. The van der Waals surface area contributed by atoms with Gasteiger partial charge in [-0.1, -0.05) is 6.07 Å². The maximum atomic E-state index is 11.9. The van der Waals surface area contributed by atoms with Crippen LogP contribution in [0.15, 0.2) is 24.4 Å². The summed E-state index contributed by atoms with van der Waals surface area (Å²) in [7, 11) is 0. The Balaban J connectivity index is 2.80. The van der Waals surface area contributed by atoms with Crippen LogP contribution in [0.1, 0.15) is 17.4 Å². The zero-order valence-corrected chi connectivity index (χ0v) is 9.94. The largest absolute Gasteiger partial charge is 0.480 e. The van der Waals surface area contributed by atoms with Gasteiger partial charge in [0.05, 0.1) is 6.61 Å². The minimum Gasteiger partial charge on any atom is -0.480 e. The molecule has 1 amide bonds. The number of nitrogens with two attached hydrogens (primary N) is 1.